The van der Waals surface area contributed by atoms with Crippen LogP contribution in [0.2, 0.25) is 0 Å². The Bertz CT molecular complexity index is 734. The first-order valence-corrected chi connectivity index (χ1v) is 8.06. The summed E-state index contributed by atoms with van der Waals surface area (Å²) in [5.74, 6) is -0.528. The number of nitrogens with one attached hydrogen (secondary N) is 2. The van der Waals surface area contributed by atoms with Crippen molar-refractivity contribution in [2.45, 2.75) is 32.1 Å². The molecule has 0 aliphatic carbocycles. The number of H-pyrrole nitrogens is 1. The molecule has 0 radical (unpaired) electrons. The van der Waals surface area contributed by atoms with Crippen LogP contribution >= 0.6 is 0 Å². The maximum Gasteiger partial charge on any atom is 0.240 e. The molecule has 1 aromatic heterocycles. The zero-order valence-corrected chi connectivity index (χ0v) is 13.0. The Morgan fingerprint density at radius 1 is 1.29 bits per heavy atom. The molecule has 0 atom stereocenters. The predicted molar refractivity (Wildman–Crippen MR) is 78.1 cm³/mol. The van der Waals surface area contributed by atoms with Gasteiger partial charge in [0.25, 0.3) is 0 Å². The van der Waals surface area contributed by atoms with Crippen LogP contribution in [-0.4, -0.2) is 25.2 Å². The maximum absolute atomic E-state index is 13.5. The van der Waals surface area contributed by atoms with Gasteiger partial charge in [0, 0.05) is 12.2 Å². The number of aromatic amines is 1. The molecule has 2 rings (SSSR count). The lowest BCUT2D eigenvalue weighted by Crippen LogP contribution is -2.26. The van der Waals surface area contributed by atoms with Crippen molar-refractivity contribution >= 4 is 10.0 Å². The van der Waals surface area contributed by atoms with Crippen LogP contribution in [0, 0.1) is 26.6 Å². The molecule has 2 N–H and O–H groups in total. The number of rotatable bonds is 5. The lowest BCUT2D eigenvalue weighted by molar-refractivity contribution is 0.576. The Morgan fingerprint density at radius 2 is 2.00 bits per heavy atom. The molecule has 1 heterocycles. The Kier molecular flexibility index (Phi) is 4.43. The Morgan fingerprint density at radius 3 is 2.57 bits per heavy atom. The number of hydrogen-bond acceptors (Lipinski definition) is 3. The van der Waals surface area contributed by atoms with Crippen LogP contribution in [0.25, 0.3) is 0 Å². The quantitative estimate of drug-likeness (QED) is 0.887. The molecule has 0 bridgehead atoms. The molecule has 0 spiro atoms. The maximum atomic E-state index is 13.5. The van der Waals surface area contributed by atoms with Crippen molar-refractivity contribution in [3.63, 3.8) is 0 Å². The zero-order chi connectivity index (χ0) is 15.6. The fourth-order valence-corrected chi connectivity index (χ4v) is 3.12. The summed E-state index contributed by atoms with van der Waals surface area (Å²) >= 11 is 0. The molecule has 0 aliphatic rings. The summed E-state index contributed by atoms with van der Waals surface area (Å²) in [6, 6.07) is 3.88. The number of sulfonamides is 1. The van der Waals surface area contributed by atoms with Crippen molar-refractivity contribution in [1.29, 1.82) is 0 Å². The minimum absolute atomic E-state index is 0.0637. The molecule has 0 saturated carbocycles. The number of nitrogens with zero attached hydrogens (tertiary/aromatic N) is 1. The Balaban J connectivity index is 2.06. The van der Waals surface area contributed by atoms with E-state index in [9.17, 15) is 12.8 Å². The highest BCUT2D eigenvalue weighted by atomic mass is 32.2. The first-order valence-electron chi connectivity index (χ1n) is 6.57. The second-order valence-corrected chi connectivity index (χ2v) is 6.74. The largest absolute Gasteiger partial charge is 0.282 e. The molecule has 7 heteroatoms. The Labute approximate surface area is 123 Å². The molecule has 2 aromatic rings. The van der Waals surface area contributed by atoms with Crippen molar-refractivity contribution in [3.05, 3.63) is 46.5 Å². The van der Waals surface area contributed by atoms with Crippen LogP contribution in [0.4, 0.5) is 4.39 Å². The third kappa shape index (κ3) is 3.48. The minimum Gasteiger partial charge on any atom is -0.282 e. The van der Waals surface area contributed by atoms with E-state index in [2.05, 4.69) is 14.9 Å². The molecule has 0 amide bonds. The van der Waals surface area contributed by atoms with E-state index in [1.165, 1.54) is 12.1 Å². The summed E-state index contributed by atoms with van der Waals surface area (Å²) in [7, 11) is -3.70. The summed E-state index contributed by atoms with van der Waals surface area (Å²) in [5.41, 5.74) is 3.19. The molecular formula is C14H18FN3O2S. The van der Waals surface area contributed by atoms with Gasteiger partial charge < -0.3 is 0 Å². The lowest BCUT2D eigenvalue weighted by atomic mass is 10.1. The first-order chi connectivity index (χ1) is 9.81. The van der Waals surface area contributed by atoms with E-state index in [0.29, 0.717) is 12.0 Å². The van der Waals surface area contributed by atoms with Gasteiger partial charge in [0.2, 0.25) is 10.0 Å². The average molecular weight is 311 g/mol. The molecule has 21 heavy (non-hydrogen) atoms. The summed E-state index contributed by atoms with van der Waals surface area (Å²) < 4.78 is 40.1. The van der Waals surface area contributed by atoms with Crippen molar-refractivity contribution < 1.29 is 12.8 Å². The number of halogens is 1. The zero-order valence-electron chi connectivity index (χ0n) is 12.2. The SMILES string of the molecule is Cc1ccc(S(=O)(=O)NCCc2c(C)n[nH]c2C)cc1F. The van der Waals surface area contributed by atoms with E-state index in [0.717, 1.165) is 23.0 Å². The second kappa shape index (κ2) is 5.95. The topological polar surface area (TPSA) is 74.8 Å². The minimum atomic E-state index is -3.70. The normalized spacial score (nSPS) is 11.8. The summed E-state index contributed by atoms with van der Waals surface area (Å²) in [4.78, 5) is -0.0637. The highest BCUT2D eigenvalue weighted by Gasteiger charge is 2.15. The summed E-state index contributed by atoms with van der Waals surface area (Å²) in [6.07, 6.45) is 0.530. The standard InChI is InChI=1S/C14H18FN3O2S/c1-9-4-5-12(8-14(9)15)21(19,20)16-7-6-13-10(2)17-18-11(13)3/h4-5,8,16H,6-7H2,1-3H3,(H,17,18). The van der Waals surface area contributed by atoms with Crippen LogP contribution in [-0.2, 0) is 16.4 Å². The number of aryl methyl sites for hydroxylation is 3. The highest BCUT2D eigenvalue weighted by molar-refractivity contribution is 7.89. The number of aromatic nitrogens is 2. The van der Waals surface area contributed by atoms with Crippen LogP contribution in [0.3, 0.4) is 0 Å². The van der Waals surface area contributed by atoms with E-state index >= 15 is 0 Å². The van der Waals surface area contributed by atoms with Gasteiger partial charge in [-0.05, 0) is 50.5 Å². The molecule has 0 fully saturated rings. The van der Waals surface area contributed by atoms with Gasteiger partial charge in [-0.2, -0.15) is 5.10 Å². The molecule has 5 nitrogen and oxygen atoms in total. The fourth-order valence-electron chi connectivity index (χ4n) is 2.08. The van der Waals surface area contributed by atoms with Crippen molar-refractivity contribution in [1.82, 2.24) is 14.9 Å². The van der Waals surface area contributed by atoms with E-state index in [1.54, 1.807) is 6.92 Å². The van der Waals surface area contributed by atoms with E-state index in [-0.39, 0.29) is 11.4 Å². The third-order valence-corrected chi connectivity index (χ3v) is 4.86. The van der Waals surface area contributed by atoms with Gasteiger partial charge in [0.15, 0.2) is 0 Å². The predicted octanol–water partition coefficient (Wildman–Crippen LogP) is 2.00. The van der Waals surface area contributed by atoms with Gasteiger partial charge in [-0.1, -0.05) is 6.07 Å². The fraction of sp³-hybridized carbons (Fsp3) is 0.357. The lowest BCUT2D eigenvalue weighted by Gasteiger charge is -2.08. The Hall–Kier alpha value is -1.73. The van der Waals surface area contributed by atoms with Gasteiger partial charge in [0.05, 0.1) is 10.6 Å². The summed E-state index contributed by atoms with van der Waals surface area (Å²) in [5, 5.41) is 6.91. The third-order valence-electron chi connectivity index (χ3n) is 3.40. The van der Waals surface area contributed by atoms with Gasteiger partial charge >= 0.3 is 0 Å². The van der Waals surface area contributed by atoms with Crippen LogP contribution in [0.5, 0.6) is 0 Å². The molecule has 1 aromatic carbocycles. The summed E-state index contributed by atoms with van der Waals surface area (Å²) in [6.45, 7) is 5.57. The van der Waals surface area contributed by atoms with E-state index in [1.807, 2.05) is 13.8 Å². The van der Waals surface area contributed by atoms with Gasteiger partial charge in [0.1, 0.15) is 5.82 Å². The average Bonchev–Trinajstić information content (AvgIpc) is 2.73. The van der Waals surface area contributed by atoms with E-state index < -0.39 is 15.8 Å². The van der Waals surface area contributed by atoms with Crippen LogP contribution < -0.4 is 4.72 Å². The highest BCUT2D eigenvalue weighted by Crippen LogP contribution is 2.14. The van der Waals surface area contributed by atoms with Crippen LogP contribution in [0.15, 0.2) is 23.1 Å². The molecular weight excluding hydrogens is 293 g/mol. The molecule has 114 valence electrons. The van der Waals surface area contributed by atoms with Gasteiger partial charge in [-0.15, -0.1) is 0 Å². The van der Waals surface area contributed by atoms with Crippen molar-refractivity contribution in [2.24, 2.45) is 0 Å². The van der Waals surface area contributed by atoms with Gasteiger partial charge in [-0.3, -0.25) is 5.10 Å². The second-order valence-electron chi connectivity index (χ2n) is 4.97. The number of benzene rings is 1. The van der Waals surface area contributed by atoms with Crippen molar-refractivity contribution in [2.75, 3.05) is 6.54 Å². The number of hydrogen-bond donors (Lipinski definition) is 2. The van der Waals surface area contributed by atoms with Crippen LogP contribution in [0.1, 0.15) is 22.5 Å². The van der Waals surface area contributed by atoms with Crippen molar-refractivity contribution in [3.8, 4) is 0 Å². The monoisotopic (exact) mass is 311 g/mol. The smallest absolute Gasteiger partial charge is 0.240 e. The molecule has 0 aliphatic heterocycles. The van der Waals surface area contributed by atoms with E-state index in [4.69, 9.17) is 0 Å². The molecule has 0 saturated heterocycles. The molecule has 0 unspecified atom stereocenters. The van der Waals surface area contributed by atoms with Gasteiger partial charge in [-0.25, -0.2) is 17.5 Å². The first kappa shape index (κ1) is 15.7.